The fourth-order valence-corrected chi connectivity index (χ4v) is 0.996. The molecule has 1 rings (SSSR count). The summed E-state index contributed by atoms with van der Waals surface area (Å²) in [6, 6.07) is 5.78. The minimum Gasteiger partial charge on any atom is -0.497 e. The third-order valence-corrected chi connectivity index (χ3v) is 1.71. The number of methoxy groups -OCH3 is 2. The standard InChI is InChI=1S/C9H12BO2/c1-10-7-4-8(11-2)6-9(5-7)12-3/h4-6H,1-3H3/q-1. The van der Waals surface area contributed by atoms with Gasteiger partial charge in [-0.2, -0.15) is 0 Å². The molecule has 2 radical (unpaired) electrons. The molecule has 0 aliphatic rings. The highest BCUT2D eigenvalue weighted by molar-refractivity contribution is 6.52. The Hall–Kier alpha value is -1.12. The van der Waals surface area contributed by atoms with Crippen LogP contribution in [-0.4, -0.2) is 21.5 Å². The Morgan fingerprint density at radius 3 is 1.83 bits per heavy atom. The van der Waals surface area contributed by atoms with E-state index in [2.05, 4.69) is 0 Å². The highest BCUT2D eigenvalue weighted by Crippen LogP contribution is 2.16. The normalized spacial score (nSPS) is 9.58. The average molecular weight is 163 g/mol. The summed E-state index contributed by atoms with van der Waals surface area (Å²) in [5.41, 5.74) is 1.10. The first kappa shape index (κ1) is 8.98. The Kier molecular flexibility index (Phi) is 3.03. The van der Waals surface area contributed by atoms with E-state index in [0.717, 1.165) is 17.0 Å². The van der Waals surface area contributed by atoms with Gasteiger partial charge in [0.15, 0.2) is 0 Å². The van der Waals surface area contributed by atoms with Crippen LogP contribution in [0.2, 0.25) is 6.82 Å². The number of rotatable bonds is 3. The van der Waals surface area contributed by atoms with Gasteiger partial charge in [0.05, 0.1) is 14.2 Å². The van der Waals surface area contributed by atoms with Gasteiger partial charge in [-0.05, 0) is 0 Å². The van der Waals surface area contributed by atoms with Crippen LogP contribution in [0, 0.1) is 0 Å². The molecule has 2 nitrogen and oxygen atoms in total. The lowest BCUT2D eigenvalue weighted by Crippen LogP contribution is -2.10. The van der Waals surface area contributed by atoms with Crippen LogP contribution in [0.1, 0.15) is 0 Å². The SMILES string of the molecule is C[B-]c1cc(OC)cc(OC)c1. The second kappa shape index (κ2) is 4.05. The van der Waals surface area contributed by atoms with E-state index in [1.54, 1.807) is 14.2 Å². The highest BCUT2D eigenvalue weighted by atomic mass is 16.5. The van der Waals surface area contributed by atoms with Gasteiger partial charge in [-0.3, -0.25) is 5.46 Å². The zero-order valence-electron chi connectivity index (χ0n) is 7.63. The predicted molar refractivity (Wildman–Crippen MR) is 50.8 cm³/mol. The van der Waals surface area contributed by atoms with E-state index < -0.39 is 0 Å². The summed E-state index contributed by atoms with van der Waals surface area (Å²) in [6.45, 7) is 1.98. The van der Waals surface area contributed by atoms with Gasteiger partial charge in [-0.25, -0.2) is 6.82 Å². The quantitative estimate of drug-likeness (QED) is 0.620. The smallest absolute Gasteiger partial charge is 0.119 e. The maximum Gasteiger partial charge on any atom is 0.119 e. The molecule has 0 heterocycles. The summed E-state index contributed by atoms with van der Waals surface area (Å²) in [4.78, 5) is 0. The molecule has 0 spiro atoms. The number of ether oxygens (including phenoxy) is 2. The van der Waals surface area contributed by atoms with Gasteiger partial charge in [0, 0.05) is 6.07 Å². The van der Waals surface area contributed by atoms with Crippen molar-refractivity contribution in [2.75, 3.05) is 14.2 Å². The lowest BCUT2D eigenvalue weighted by Gasteiger charge is -2.13. The molecule has 0 saturated heterocycles. The van der Waals surface area contributed by atoms with Crippen molar-refractivity contribution < 1.29 is 9.47 Å². The molecule has 0 atom stereocenters. The first-order chi connectivity index (χ1) is 5.80. The van der Waals surface area contributed by atoms with Crippen molar-refractivity contribution in [3.63, 3.8) is 0 Å². The largest absolute Gasteiger partial charge is 0.497 e. The topological polar surface area (TPSA) is 18.5 Å². The van der Waals surface area contributed by atoms with E-state index in [4.69, 9.17) is 9.47 Å². The Morgan fingerprint density at radius 1 is 1.00 bits per heavy atom. The summed E-state index contributed by atoms with van der Waals surface area (Å²) in [5, 5.41) is 0. The first-order valence-electron chi connectivity index (χ1n) is 3.82. The molecule has 1 aromatic rings. The fourth-order valence-electron chi connectivity index (χ4n) is 0.996. The summed E-state index contributed by atoms with van der Waals surface area (Å²) < 4.78 is 10.2. The number of hydrogen-bond donors (Lipinski definition) is 0. The first-order valence-corrected chi connectivity index (χ1v) is 3.82. The minimum atomic E-state index is 0.822. The molecule has 0 fully saturated rings. The van der Waals surface area contributed by atoms with Crippen molar-refractivity contribution >= 4 is 12.7 Å². The second-order valence-corrected chi connectivity index (χ2v) is 2.43. The van der Waals surface area contributed by atoms with Crippen molar-refractivity contribution in [2.45, 2.75) is 6.82 Å². The average Bonchev–Trinajstić information content (AvgIpc) is 2.16. The van der Waals surface area contributed by atoms with E-state index in [1.165, 1.54) is 0 Å². The van der Waals surface area contributed by atoms with E-state index in [0.29, 0.717) is 0 Å². The van der Waals surface area contributed by atoms with Crippen molar-refractivity contribution in [1.82, 2.24) is 0 Å². The van der Waals surface area contributed by atoms with Gasteiger partial charge in [-0.1, -0.05) is 12.1 Å². The molecular formula is C9H12BO2-. The lowest BCUT2D eigenvalue weighted by atomic mass is 9.73. The predicted octanol–water partition coefficient (Wildman–Crippen LogP) is 1.08. The second-order valence-electron chi connectivity index (χ2n) is 2.43. The molecule has 0 aliphatic heterocycles. The maximum atomic E-state index is 5.10. The van der Waals surface area contributed by atoms with Gasteiger partial charge in [0.2, 0.25) is 0 Å². The van der Waals surface area contributed by atoms with Crippen LogP contribution < -0.4 is 14.9 Å². The van der Waals surface area contributed by atoms with Gasteiger partial charge < -0.3 is 16.8 Å². The lowest BCUT2D eigenvalue weighted by molar-refractivity contribution is 0.395. The summed E-state index contributed by atoms with van der Waals surface area (Å²) in [5.74, 6) is 1.64. The van der Waals surface area contributed by atoms with Gasteiger partial charge >= 0.3 is 0 Å². The fraction of sp³-hybridized carbons (Fsp3) is 0.333. The molecule has 0 saturated carbocycles. The number of benzene rings is 1. The zero-order chi connectivity index (χ0) is 8.97. The Morgan fingerprint density at radius 2 is 1.50 bits per heavy atom. The van der Waals surface area contributed by atoms with E-state index in [1.807, 2.05) is 32.3 Å². The van der Waals surface area contributed by atoms with Crippen LogP contribution in [0.25, 0.3) is 0 Å². The Bertz CT molecular complexity index is 205. The van der Waals surface area contributed by atoms with Crippen LogP contribution in [-0.2, 0) is 0 Å². The summed E-state index contributed by atoms with van der Waals surface area (Å²) in [7, 11) is 5.30. The van der Waals surface area contributed by atoms with E-state index >= 15 is 0 Å². The molecule has 0 amide bonds. The van der Waals surface area contributed by atoms with Crippen molar-refractivity contribution in [3.05, 3.63) is 18.2 Å². The third-order valence-electron chi connectivity index (χ3n) is 1.71. The molecule has 3 heteroatoms. The molecule has 0 N–H and O–H groups in total. The summed E-state index contributed by atoms with van der Waals surface area (Å²) in [6.07, 6.45) is 0. The maximum absolute atomic E-state index is 5.10. The molecule has 0 bridgehead atoms. The van der Waals surface area contributed by atoms with E-state index in [9.17, 15) is 0 Å². The van der Waals surface area contributed by atoms with E-state index in [-0.39, 0.29) is 0 Å². The molecule has 64 valence electrons. The monoisotopic (exact) mass is 163 g/mol. The minimum absolute atomic E-state index is 0.822. The Balaban J connectivity index is 3.01. The molecule has 0 unspecified atom stereocenters. The molecule has 12 heavy (non-hydrogen) atoms. The molecular weight excluding hydrogens is 151 g/mol. The third kappa shape index (κ3) is 1.94. The summed E-state index contributed by atoms with van der Waals surface area (Å²) >= 11 is 0. The zero-order valence-corrected chi connectivity index (χ0v) is 7.63. The van der Waals surface area contributed by atoms with Crippen LogP contribution >= 0.6 is 0 Å². The molecule has 0 aliphatic carbocycles. The Labute approximate surface area is 73.7 Å². The van der Waals surface area contributed by atoms with Crippen LogP contribution in [0.4, 0.5) is 0 Å². The van der Waals surface area contributed by atoms with Crippen molar-refractivity contribution in [1.29, 1.82) is 0 Å². The number of hydrogen-bond acceptors (Lipinski definition) is 2. The van der Waals surface area contributed by atoms with Crippen LogP contribution in [0.5, 0.6) is 11.5 Å². The van der Waals surface area contributed by atoms with Crippen LogP contribution in [0.3, 0.4) is 0 Å². The van der Waals surface area contributed by atoms with Crippen molar-refractivity contribution in [2.24, 2.45) is 0 Å². The van der Waals surface area contributed by atoms with Crippen molar-refractivity contribution in [3.8, 4) is 11.5 Å². The molecule has 0 aromatic heterocycles. The van der Waals surface area contributed by atoms with Crippen LogP contribution in [0.15, 0.2) is 18.2 Å². The van der Waals surface area contributed by atoms with Gasteiger partial charge in [0.25, 0.3) is 0 Å². The molecule has 1 aromatic carbocycles. The van der Waals surface area contributed by atoms with Gasteiger partial charge in [0.1, 0.15) is 11.5 Å². The van der Waals surface area contributed by atoms with Gasteiger partial charge in [-0.15, -0.1) is 0 Å². The highest BCUT2D eigenvalue weighted by Gasteiger charge is 1.93.